The summed E-state index contributed by atoms with van der Waals surface area (Å²) in [6.07, 6.45) is 23.2. The summed E-state index contributed by atoms with van der Waals surface area (Å²) in [6.45, 7) is 0. The highest BCUT2D eigenvalue weighted by Crippen LogP contribution is 2.66. The first-order chi connectivity index (χ1) is 25.8. The van der Waals surface area contributed by atoms with E-state index in [1.807, 2.05) is 11.8 Å². The molecule has 3 heterocycles. The van der Waals surface area contributed by atoms with Gasteiger partial charge in [-0.05, 0) is 156 Å². The zero-order valence-electron chi connectivity index (χ0n) is 29.8. The van der Waals surface area contributed by atoms with Crippen LogP contribution in [0.4, 0.5) is 11.4 Å². The number of fused-ring (bicyclic) bond motifs is 9. The Kier molecular flexibility index (Phi) is 7.65. The quantitative estimate of drug-likeness (QED) is 0.208. The van der Waals surface area contributed by atoms with Crippen molar-refractivity contribution in [2.45, 2.75) is 97.8 Å². The summed E-state index contributed by atoms with van der Waals surface area (Å²) in [5.74, 6) is 1.01. The molecule has 0 bridgehead atoms. The highest BCUT2D eigenvalue weighted by Gasteiger charge is 2.52. The first-order valence-corrected chi connectivity index (χ1v) is 21.5. The van der Waals surface area contributed by atoms with Crippen molar-refractivity contribution in [3.8, 4) is 0 Å². The minimum absolute atomic E-state index is 0.149. The van der Waals surface area contributed by atoms with Gasteiger partial charge in [-0.15, -0.1) is 0 Å². The van der Waals surface area contributed by atoms with Crippen LogP contribution in [0.15, 0.2) is 158 Å². The Bertz CT molecular complexity index is 2270. The third-order valence-electron chi connectivity index (χ3n) is 13.3. The molecule has 0 amide bonds. The van der Waals surface area contributed by atoms with Gasteiger partial charge in [0.05, 0.1) is 5.41 Å². The number of hydrogen-bond acceptors (Lipinski definition) is 3. The van der Waals surface area contributed by atoms with Crippen molar-refractivity contribution in [1.82, 2.24) is 0 Å². The molecule has 4 aromatic carbocycles. The molecule has 0 aromatic heterocycles. The van der Waals surface area contributed by atoms with Crippen molar-refractivity contribution >= 4 is 40.5 Å². The van der Waals surface area contributed by atoms with E-state index in [1.54, 1.807) is 37.7 Å². The number of allylic oxidation sites excluding steroid dienone is 9. The van der Waals surface area contributed by atoms with Gasteiger partial charge >= 0.3 is 0 Å². The smallest absolute Gasteiger partial charge is 0.0665 e. The molecule has 4 aromatic rings. The molecule has 3 heteroatoms. The second-order valence-electron chi connectivity index (χ2n) is 15.9. The van der Waals surface area contributed by atoms with Crippen molar-refractivity contribution in [1.29, 1.82) is 0 Å². The monoisotopic (exact) mass is 711 g/mol. The van der Waals surface area contributed by atoms with E-state index >= 15 is 0 Å². The number of rotatable bonds is 3. The molecule has 4 unspecified atom stereocenters. The maximum absolute atomic E-state index is 2.65. The van der Waals surface area contributed by atoms with Crippen LogP contribution in [0, 0.1) is 5.92 Å². The Morgan fingerprint density at radius 2 is 1.50 bits per heavy atom. The summed E-state index contributed by atoms with van der Waals surface area (Å²) >= 11 is 4.23. The van der Waals surface area contributed by atoms with Crippen molar-refractivity contribution in [3.63, 3.8) is 0 Å². The van der Waals surface area contributed by atoms with Crippen LogP contribution in [-0.4, -0.2) is 6.04 Å². The van der Waals surface area contributed by atoms with Crippen molar-refractivity contribution in [2.24, 2.45) is 5.92 Å². The number of thioether (sulfide) groups is 1. The Morgan fingerprint density at radius 1 is 0.673 bits per heavy atom. The highest BCUT2D eigenvalue weighted by atomic mass is 32.2. The van der Waals surface area contributed by atoms with Crippen LogP contribution in [0.3, 0.4) is 0 Å². The second-order valence-corrected chi connectivity index (χ2v) is 18.1. The molecule has 1 spiro atoms. The van der Waals surface area contributed by atoms with E-state index in [-0.39, 0.29) is 5.41 Å². The van der Waals surface area contributed by atoms with Crippen LogP contribution in [0.2, 0.25) is 0 Å². The van der Waals surface area contributed by atoms with Gasteiger partial charge in [0.1, 0.15) is 0 Å². The van der Waals surface area contributed by atoms with Gasteiger partial charge in [0, 0.05) is 33.1 Å². The molecule has 4 atom stereocenters. The van der Waals surface area contributed by atoms with Crippen molar-refractivity contribution < 1.29 is 0 Å². The average molecular weight is 712 g/mol. The molecule has 0 radical (unpaired) electrons. The molecular formula is C49H45NS2. The Labute approximate surface area is 317 Å². The normalized spacial score (nSPS) is 27.2. The van der Waals surface area contributed by atoms with E-state index in [0.29, 0.717) is 17.9 Å². The van der Waals surface area contributed by atoms with Gasteiger partial charge in [0.25, 0.3) is 0 Å². The molecule has 4 aliphatic carbocycles. The number of hydrogen-bond donors (Lipinski definition) is 0. The van der Waals surface area contributed by atoms with Crippen LogP contribution in [-0.2, 0) is 5.41 Å². The van der Waals surface area contributed by atoms with Gasteiger partial charge in [-0.2, -0.15) is 0 Å². The first-order valence-electron chi connectivity index (χ1n) is 19.8. The predicted molar refractivity (Wildman–Crippen MR) is 220 cm³/mol. The fourth-order valence-corrected chi connectivity index (χ4v) is 13.9. The molecule has 0 saturated carbocycles. The first kappa shape index (κ1) is 31.6. The van der Waals surface area contributed by atoms with Crippen LogP contribution >= 0.6 is 23.5 Å². The number of benzene rings is 4. The van der Waals surface area contributed by atoms with Gasteiger partial charge < -0.3 is 4.90 Å². The van der Waals surface area contributed by atoms with E-state index in [0.717, 1.165) is 6.42 Å². The lowest BCUT2D eigenvalue weighted by molar-refractivity contribution is 0.458. The summed E-state index contributed by atoms with van der Waals surface area (Å²) in [5, 5.41) is 0. The fourth-order valence-electron chi connectivity index (χ4n) is 11.2. The Morgan fingerprint density at radius 3 is 2.42 bits per heavy atom. The van der Waals surface area contributed by atoms with Crippen LogP contribution < -0.4 is 4.90 Å². The third-order valence-corrected chi connectivity index (χ3v) is 15.8. The van der Waals surface area contributed by atoms with E-state index in [4.69, 9.17) is 0 Å². The minimum atomic E-state index is -0.149. The van der Waals surface area contributed by atoms with Crippen molar-refractivity contribution in [2.75, 3.05) is 4.90 Å². The number of para-hydroxylation sites is 2. The van der Waals surface area contributed by atoms with E-state index in [1.165, 1.54) is 102 Å². The number of anilines is 2. The standard InChI is InChI=1S/C49H45NS2/c1-3-14-32(15-4-1)33-27-29-46-41(30-33)49(38-20-8-11-24-44(38)51-46)39-21-9-12-25-45(39)52-47-31-34(26-28-40(47)49)36-19-13-23-43-48(36)37-18-7-10-22-42(37)50(43)35-16-5-2-6-17-35/h1-3,5-7,9-10,12,14,16-19,21-22,25-26,28,31,33,43,48H,4,8,11,13,15,20,23-24,27,29-30H2. The van der Waals surface area contributed by atoms with Gasteiger partial charge in [-0.1, -0.05) is 120 Å². The summed E-state index contributed by atoms with van der Waals surface area (Å²) in [6, 6.07) is 38.1. The molecule has 52 heavy (non-hydrogen) atoms. The maximum Gasteiger partial charge on any atom is 0.0665 e. The summed E-state index contributed by atoms with van der Waals surface area (Å²) in [5.41, 5.74) is 15.2. The van der Waals surface area contributed by atoms with Gasteiger partial charge in [0.2, 0.25) is 0 Å². The summed E-state index contributed by atoms with van der Waals surface area (Å²) in [4.78, 5) is 8.97. The molecule has 0 fully saturated rings. The minimum Gasteiger partial charge on any atom is -0.337 e. The summed E-state index contributed by atoms with van der Waals surface area (Å²) in [7, 11) is 0. The van der Waals surface area contributed by atoms with Gasteiger partial charge in [0.15, 0.2) is 0 Å². The van der Waals surface area contributed by atoms with E-state index in [2.05, 4.69) is 138 Å². The second kappa shape index (κ2) is 12.6. The van der Waals surface area contributed by atoms with Crippen molar-refractivity contribution in [3.05, 3.63) is 170 Å². The lowest BCUT2D eigenvalue weighted by Gasteiger charge is -2.51. The summed E-state index contributed by atoms with van der Waals surface area (Å²) < 4.78 is 0. The molecule has 0 saturated heterocycles. The lowest BCUT2D eigenvalue weighted by Crippen LogP contribution is -2.41. The Hall–Kier alpha value is -3.92. The molecule has 258 valence electrons. The lowest BCUT2D eigenvalue weighted by atomic mass is 9.58. The zero-order chi connectivity index (χ0) is 34.2. The van der Waals surface area contributed by atoms with Crippen LogP contribution in [0.25, 0.3) is 5.57 Å². The maximum atomic E-state index is 2.65. The molecule has 7 aliphatic rings. The topological polar surface area (TPSA) is 3.24 Å². The van der Waals surface area contributed by atoms with Crippen LogP contribution in [0.1, 0.15) is 98.8 Å². The third kappa shape index (κ3) is 4.70. The number of nitrogens with zero attached hydrogens (tertiary/aromatic N) is 1. The SMILES string of the molecule is C1=CCCC(C2CCC3=C(C2)C2(C4=C(CCCC4)S3)c3ccccc3Sc3cc(C4=CCCC5C4c4ccccc4N5c4ccccc4)ccc32)=C1. The van der Waals surface area contributed by atoms with E-state index < -0.39 is 0 Å². The predicted octanol–water partition coefficient (Wildman–Crippen LogP) is 13.8. The van der Waals surface area contributed by atoms with E-state index in [9.17, 15) is 0 Å². The van der Waals surface area contributed by atoms with Gasteiger partial charge in [-0.25, -0.2) is 0 Å². The largest absolute Gasteiger partial charge is 0.337 e. The zero-order valence-corrected chi connectivity index (χ0v) is 31.5. The van der Waals surface area contributed by atoms with Crippen LogP contribution in [0.5, 0.6) is 0 Å². The molecule has 0 N–H and O–H groups in total. The Balaban J connectivity index is 1.07. The molecule has 11 rings (SSSR count). The molecule has 1 nitrogen and oxygen atoms in total. The van der Waals surface area contributed by atoms with Gasteiger partial charge in [-0.3, -0.25) is 0 Å². The highest BCUT2D eigenvalue weighted by molar-refractivity contribution is 8.06. The fraction of sp³-hybridized carbons (Fsp3) is 0.306. The average Bonchev–Trinajstić information content (AvgIpc) is 3.56. The molecular weight excluding hydrogens is 667 g/mol. The molecule has 3 aliphatic heterocycles.